The first-order valence-electron chi connectivity index (χ1n) is 6.93. The highest BCUT2D eigenvalue weighted by molar-refractivity contribution is 5.28. The van der Waals surface area contributed by atoms with Crippen LogP contribution in [0, 0.1) is 11.3 Å². The second-order valence-corrected chi connectivity index (χ2v) is 5.50. The number of hydrogen-bond acceptors (Lipinski definition) is 4. The molecule has 0 aliphatic carbocycles. The number of nitrogens with two attached hydrogens (primary N) is 1. The third-order valence-electron chi connectivity index (χ3n) is 3.81. The van der Waals surface area contributed by atoms with Gasteiger partial charge in [-0.25, -0.2) is 0 Å². The van der Waals surface area contributed by atoms with Crippen LogP contribution in [-0.4, -0.2) is 30.1 Å². The molecular weight excluding hydrogens is 276 g/mol. The van der Waals surface area contributed by atoms with Gasteiger partial charge in [-0.05, 0) is 30.5 Å². The third-order valence-corrected chi connectivity index (χ3v) is 3.81. The molecule has 2 N–H and O–H groups in total. The number of halogens is 2. The zero-order valence-electron chi connectivity index (χ0n) is 11.8. The lowest BCUT2D eigenvalue weighted by molar-refractivity contribution is -0.0499. The third kappa shape index (κ3) is 4.66. The van der Waals surface area contributed by atoms with E-state index in [4.69, 9.17) is 11.0 Å². The number of hydrogen-bond donors (Lipinski definition) is 1. The molecule has 0 radical (unpaired) electrons. The highest BCUT2D eigenvalue weighted by atomic mass is 19.3. The largest absolute Gasteiger partial charge is 0.435 e. The summed E-state index contributed by atoms with van der Waals surface area (Å²) < 4.78 is 28.8. The van der Waals surface area contributed by atoms with Gasteiger partial charge < -0.3 is 10.5 Å². The average molecular weight is 295 g/mol. The minimum absolute atomic E-state index is 0.178. The summed E-state index contributed by atoms with van der Waals surface area (Å²) >= 11 is 0. The van der Waals surface area contributed by atoms with Crippen LogP contribution in [-0.2, 0) is 6.54 Å². The first kappa shape index (κ1) is 15.7. The zero-order valence-corrected chi connectivity index (χ0v) is 11.8. The van der Waals surface area contributed by atoms with Crippen molar-refractivity contribution < 1.29 is 13.5 Å². The number of nitriles is 1. The zero-order chi connectivity index (χ0) is 15.3. The van der Waals surface area contributed by atoms with Gasteiger partial charge in [0.05, 0.1) is 12.5 Å². The van der Waals surface area contributed by atoms with E-state index in [2.05, 4.69) is 15.7 Å². The summed E-state index contributed by atoms with van der Waals surface area (Å²) in [5.41, 5.74) is 6.70. The van der Waals surface area contributed by atoms with Gasteiger partial charge >= 0.3 is 6.61 Å². The predicted octanol–water partition coefficient (Wildman–Crippen LogP) is 2.49. The predicted molar refractivity (Wildman–Crippen MR) is 74.7 cm³/mol. The summed E-state index contributed by atoms with van der Waals surface area (Å²) in [7, 11) is 0. The molecule has 0 bridgehead atoms. The number of alkyl halides is 2. The van der Waals surface area contributed by atoms with Crippen LogP contribution in [0.5, 0.6) is 5.75 Å². The van der Waals surface area contributed by atoms with Crippen molar-refractivity contribution in [1.29, 1.82) is 5.26 Å². The Hall–Kier alpha value is -1.71. The Morgan fingerprint density at radius 1 is 1.38 bits per heavy atom. The molecule has 1 aliphatic heterocycles. The van der Waals surface area contributed by atoms with Crippen LogP contribution in [0.4, 0.5) is 8.78 Å². The van der Waals surface area contributed by atoms with Gasteiger partial charge in [0.2, 0.25) is 0 Å². The molecule has 1 heterocycles. The standard InChI is InChI=1S/C15H19F2N3O/c16-14(17)21-13-3-1-2-12(10-13)11-20-8-5-15(19,4-7-18)6-9-20/h1-3,10,14H,4-6,8-9,11,19H2. The lowest BCUT2D eigenvalue weighted by Crippen LogP contribution is -2.49. The van der Waals surface area contributed by atoms with Gasteiger partial charge in [-0.1, -0.05) is 12.1 Å². The van der Waals surface area contributed by atoms with Crippen molar-refractivity contribution in [2.75, 3.05) is 13.1 Å². The summed E-state index contributed by atoms with van der Waals surface area (Å²) in [6, 6.07) is 8.88. The van der Waals surface area contributed by atoms with Gasteiger partial charge in [0.25, 0.3) is 0 Å². The summed E-state index contributed by atoms with van der Waals surface area (Å²) in [5.74, 6) is 0.178. The number of rotatable bonds is 5. The molecule has 1 aromatic rings. The Morgan fingerprint density at radius 3 is 2.71 bits per heavy atom. The van der Waals surface area contributed by atoms with E-state index in [1.165, 1.54) is 6.07 Å². The molecule has 0 atom stereocenters. The van der Waals surface area contributed by atoms with Gasteiger partial charge in [0, 0.05) is 25.2 Å². The average Bonchev–Trinajstić information content (AvgIpc) is 2.42. The maximum absolute atomic E-state index is 12.2. The summed E-state index contributed by atoms with van der Waals surface area (Å²) in [6.07, 6.45) is 1.92. The van der Waals surface area contributed by atoms with Crippen LogP contribution in [0.2, 0.25) is 0 Å². The van der Waals surface area contributed by atoms with E-state index in [-0.39, 0.29) is 11.3 Å². The van der Waals surface area contributed by atoms with Crippen molar-refractivity contribution in [3.63, 3.8) is 0 Å². The molecule has 1 saturated heterocycles. The molecule has 0 unspecified atom stereocenters. The molecule has 0 aromatic heterocycles. The van der Waals surface area contributed by atoms with Crippen LogP contribution in [0.3, 0.4) is 0 Å². The second kappa shape index (κ2) is 6.83. The Kier molecular flexibility index (Phi) is 5.10. The maximum Gasteiger partial charge on any atom is 0.387 e. The van der Waals surface area contributed by atoms with Gasteiger partial charge in [0.15, 0.2) is 0 Å². The Bertz CT molecular complexity index is 508. The van der Waals surface area contributed by atoms with Crippen molar-refractivity contribution in [3.8, 4) is 11.8 Å². The maximum atomic E-state index is 12.2. The molecular formula is C15H19F2N3O. The number of nitrogens with zero attached hydrogens (tertiary/aromatic N) is 2. The van der Waals surface area contributed by atoms with Crippen LogP contribution in [0.15, 0.2) is 24.3 Å². The van der Waals surface area contributed by atoms with Crippen LogP contribution < -0.4 is 10.5 Å². The number of likely N-dealkylation sites (tertiary alicyclic amines) is 1. The molecule has 0 saturated carbocycles. The molecule has 1 aliphatic rings. The highest BCUT2D eigenvalue weighted by Gasteiger charge is 2.30. The lowest BCUT2D eigenvalue weighted by Gasteiger charge is -2.37. The molecule has 2 rings (SSSR count). The SMILES string of the molecule is N#CCC1(N)CCN(Cc2cccc(OC(F)F)c2)CC1. The van der Waals surface area contributed by atoms with Gasteiger partial charge in [-0.2, -0.15) is 14.0 Å². The number of benzene rings is 1. The normalized spacial score (nSPS) is 18.4. The number of piperidine rings is 1. The van der Waals surface area contributed by atoms with Gasteiger partial charge in [-0.15, -0.1) is 0 Å². The van der Waals surface area contributed by atoms with Crippen LogP contribution >= 0.6 is 0 Å². The fourth-order valence-corrected chi connectivity index (χ4v) is 2.57. The molecule has 1 fully saturated rings. The fourth-order valence-electron chi connectivity index (χ4n) is 2.57. The lowest BCUT2D eigenvalue weighted by atomic mass is 9.86. The molecule has 1 aromatic carbocycles. The van der Waals surface area contributed by atoms with Crippen molar-refractivity contribution in [2.45, 2.75) is 38.0 Å². The van der Waals surface area contributed by atoms with Gasteiger partial charge in [0.1, 0.15) is 5.75 Å². The summed E-state index contributed by atoms with van der Waals surface area (Å²) in [5, 5.41) is 8.77. The van der Waals surface area contributed by atoms with Crippen LogP contribution in [0.1, 0.15) is 24.8 Å². The van der Waals surface area contributed by atoms with E-state index < -0.39 is 6.61 Å². The van der Waals surface area contributed by atoms with E-state index in [9.17, 15) is 8.78 Å². The smallest absolute Gasteiger partial charge is 0.387 e. The molecule has 6 heteroatoms. The summed E-state index contributed by atoms with van der Waals surface area (Å²) in [4.78, 5) is 2.21. The van der Waals surface area contributed by atoms with E-state index in [0.717, 1.165) is 31.5 Å². The van der Waals surface area contributed by atoms with Crippen molar-refractivity contribution >= 4 is 0 Å². The van der Waals surface area contributed by atoms with E-state index in [0.29, 0.717) is 13.0 Å². The number of ether oxygens (including phenoxy) is 1. The Morgan fingerprint density at radius 2 is 2.10 bits per heavy atom. The quantitative estimate of drug-likeness (QED) is 0.906. The molecule has 114 valence electrons. The highest BCUT2D eigenvalue weighted by Crippen LogP contribution is 2.24. The monoisotopic (exact) mass is 295 g/mol. The van der Waals surface area contributed by atoms with Crippen molar-refractivity contribution in [1.82, 2.24) is 4.90 Å². The summed E-state index contributed by atoms with van der Waals surface area (Å²) in [6.45, 7) is -0.529. The Labute approximate surface area is 123 Å². The van der Waals surface area contributed by atoms with Crippen molar-refractivity contribution in [3.05, 3.63) is 29.8 Å². The van der Waals surface area contributed by atoms with Crippen molar-refractivity contribution in [2.24, 2.45) is 5.73 Å². The molecule has 21 heavy (non-hydrogen) atoms. The fraction of sp³-hybridized carbons (Fsp3) is 0.533. The minimum atomic E-state index is -2.81. The first-order chi connectivity index (χ1) is 10.0. The van der Waals surface area contributed by atoms with Gasteiger partial charge in [-0.3, -0.25) is 4.90 Å². The van der Waals surface area contributed by atoms with E-state index in [1.807, 2.05) is 6.07 Å². The minimum Gasteiger partial charge on any atom is -0.435 e. The Balaban J connectivity index is 1.90. The van der Waals surface area contributed by atoms with Crippen LogP contribution in [0.25, 0.3) is 0 Å². The molecule has 0 spiro atoms. The molecule has 0 amide bonds. The first-order valence-corrected chi connectivity index (χ1v) is 6.93. The van der Waals surface area contributed by atoms with E-state index >= 15 is 0 Å². The second-order valence-electron chi connectivity index (χ2n) is 5.50. The topological polar surface area (TPSA) is 62.3 Å². The van der Waals surface area contributed by atoms with E-state index in [1.54, 1.807) is 12.1 Å². The molecule has 4 nitrogen and oxygen atoms in total.